The van der Waals surface area contributed by atoms with Crippen molar-refractivity contribution in [3.63, 3.8) is 0 Å². The van der Waals surface area contributed by atoms with Crippen molar-refractivity contribution in [1.82, 2.24) is 24.8 Å². The summed E-state index contributed by atoms with van der Waals surface area (Å²) in [5.41, 5.74) is 2.46. The van der Waals surface area contributed by atoms with Crippen LogP contribution >= 0.6 is 11.6 Å². The second-order valence-corrected chi connectivity index (χ2v) is 9.30. The van der Waals surface area contributed by atoms with Crippen molar-refractivity contribution in [2.75, 3.05) is 13.1 Å². The summed E-state index contributed by atoms with van der Waals surface area (Å²) in [6, 6.07) is 11.9. The predicted molar refractivity (Wildman–Crippen MR) is 122 cm³/mol. The van der Waals surface area contributed by atoms with Crippen LogP contribution in [0.3, 0.4) is 0 Å². The quantitative estimate of drug-likeness (QED) is 0.585. The summed E-state index contributed by atoms with van der Waals surface area (Å²) in [6.45, 7) is 2.89. The number of carbonyl (C=O) groups is 2. The molecule has 2 saturated heterocycles. The SMILES string of the molecule is N#Cc1ncc2cc(CN3CCC4(CC3)CC(=O)NC4=O)n(CCc3ccc(Cl)cc3)c2n1. The van der Waals surface area contributed by atoms with E-state index < -0.39 is 5.41 Å². The molecule has 33 heavy (non-hydrogen) atoms. The molecule has 168 valence electrons. The number of nitriles is 1. The normalized spacial score (nSPS) is 18.1. The van der Waals surface area contributed by atoms with Gasteiger partial charge in [-0.2, -0.15) is 5.26 Å². The number of carbonyl (C=O) groups excluding carboxylic acids is 2. The minimum atomic E-state index is -0.540. The van der Waals surface area contributed by atoms with Crippen LogP contribution in [0.1, 0.15) is 36.3 Å². The van der Waals surface area contributed by atoms with E-state index in [0.29, 0.717) is 37.4 Å². The second kappa shape index (κ2) is 8.58. The van der Waals surface area contributed by atoms with Gasteiger partial charge in [-0.05, 0) is 56.1 Å². The van der Waals surface area contributed by atoms with E-state index >= 15 is 0 Å². The van der Waals surface area contributed by atoms with Crippen LogP contribution in [0, 0.1) is 16.7 Å². The number of rotatable bonds is 5. The third-order valence-corrected chi connectivity index (χ3v) is 7.04. The Kier molecular flexibility index (Phi) is 5.60. The summed E-state index contributed by atoms with van der Waals surface area (Å²) in [5.74, 6) is -0.136. The molecule has 0 bridgehead atoms. The number of nitrogens with zero attached hydrogens (tertiary/aromatic N) is 5. The molecule has 0 aliphatic carbocycles. The van der Waals surface area contributed by atoms with Gasteiger partial charge >= 0.3 is 0 Å². The number of imide groups is 1. The molecule has 1 spiro atoms. The van der Waals surface area contributed by atoms with Gasteiger partial charge < -0.3 is 4.57 Å². The number of likely N-dealkylation sites (tertiary alicyclic amines) is 1. The van der Waals surface area contributed by atoms with E-state index in [4.69, 9.17) is 11.6 Å². The fraction of sp³-hybridized carbons (Fsp3) is 0.375. The van der Waals surface area contributed by atoms with Gasteiger partial charge in [0.05, 0.1) is 5.41 Å². The van der Waals surface area contributed by atoms with Gasteiger partial charge in [0.2, 0.25) is 17.6 Å². The summed E-state index contributed by atoms with van der Waals surface area (Å²) in [4.78, 5) is 34.9. The molecule has 0 radical (unpaired) electrons. The third kappa shape index (κ3) is 4.22. The minimum Gasteiger partial charge on any atom is -0.328 e. The van der Waals surface area contributed by atoms with Gasteiger partial charge in [-0.1, -0.05) is 23.7 Å². The first-order chi connectivity index (χ1) is 16.0. The molecule has 1 N–H and O–H groups in total. The highest BCUT2D eigenvalue weighted by Crippen LogP contribution is 2.39. The number of benzene rings is 1. The highest BCUT2D eigenvalue weighted by atomic mass is 35.5. The Balaban J connectivity index is 1.37. The van der Waals surface area contributed by atoms with Crippen molar-refractivity contribution >= 4 is 34.4 Å². The standard InChI is InChI=1S/C24H23ClN6O2/c25-18-3-1-16(2-4-18)5-8-31-19(11-17-14-27-20(13-26)28-22(17)31)15-30-9-6-24(7-10-30)12-21(32)29-23(24)33/h1-4,11,14H,5-10,12,15H2,(H,29,32,33). The molecule has 0 unspecified atom stereocenters. The third-order valence-electron chi connectivity index (χ3n) is 6.79. The maximum absolute atomic E-state index is 12.3. The zero-order valence-electron chi connectivity index (χ0n) is 18.1. The molecule has 2 aliphatic heterocycles. The lowest BCUT2D eigenvalue weighted by atomic mass is 9.77. The molecule has 9 heteroatoms. The highest BCUT2D eigenvalue weighted by Gasteiger charge is 2.48. The molecule has 8 nitrogen and oxygen atoms in total. The van der Waals surface area contributed by atoms with E-state index in [2.05, 4.69) is 30.8 Å². The molecule has 0 atom stereocenters. The predicted octanol–water partition coefficient (Wildman–Crippen LogP) is 2.83. The fourth-order valence-electron chi connectivity index (χ4n) is 4.88. The Bertz CT molecular complexity index is 1270. The number of fused-ring (bicyclic) bond motifs is 1. The Morgan fingerprint density at radius 2 is 1.94 bits per heavy atom. The van der Waals surface area contributed by atoms with Gasteiger partial charge in [0.1, 0.15) is 11.7 Å². The van der Waals surface area contributed by atoms with E-state index in [1.807, 2.05) is 30.3 Å². The number of aromatic nitrogens is 3. The summed E-state index contributed by atoms with van der Waals surface area (Å²) < 4.78 is 2.16. The fourth-order valence-corrected chi connectivity index (χ4v) is 5.01. The Hall–Kier alpha value is -3.28. The molecule has 3 aromatic rings. The molecule has 4 heterocycles. The van der Waals surface area contributed by atoms with Gasteiger partial charge in [0.25, 0.3) is 0 Å². The maximum Gasteiger partial charge on any atom is 0.234 e. The summed E-state index contributed by atoms with van der Waals surface area (Å²) in [7, 11) is 0. The molecule has 5 rings (SSSR count). The number of nitrogens with one attached hydrogen (secondary N) is 1. The largest absolute Gasteiger partial charge is 0.328 e. The van der Waals surface area contributed by atoms with Crippen LogP contribution in [-0.2, 0) is 29.1 Å². The van der Waals surface area contributed by atoms with Crippen LogP contribution < -0.4 is 5.32 Å². The molecule has 2 amide bonds. The molecular weight excluding hydrogens is 440 g/mol. The van der Waals surface area contributed by atoms with E-state index in [1.165, 1.54) is 5.56 Å². The lowest BCUT2D eigenvalue weighted by Gasteiger charge is -2.36. The van der Waals surface area contributed by atoms with Gasteiger partial charge in [0.15, 0.2) is 0 Å². The van der Waals surface area contributed by atoms with Crippen LogP contribution in [0.5, 0.6) is 0 Å². The Labute approximate surface area is 196 Å². The van der Waals surface area contributed by atoms with Gasteiger partial charge in [-0.3, -0.25) is 19.8 Å². The Morgan fingerprint density at radius 1 is 1.18 bits per heavy atom. The van der Waals surface area contributed by atoms with E-state index in [0.717, 1.165) is 36.2 Å². The first kappa shape index (κ1) is 21.6. The zero-order chi connectivity index (χ0) is 23.0. The lowest BCUT2D eigenvalue weighted by molar-refractivity contribution is -0.130. The van der Waals surface area contributed by atoms with Crippen molar-refractivity contribution in [2.45, 2.75) is 38.8 Å². The van der Waals surface area contributed by atoms with Gasteiger partial charge in [-0.15, -0.1) is 0 Å². The van der Waals surface area contributed by atoms with Crippen LogP contribution in [0.4, 0.5) is 0 Å². The van der Waals surface area contributed by atoms with Crippen LogP contribution in [-0.4, -0.2) is 44.3 Å². The monoisotopic (exact) mass is 462 g/mol. The number of hydrogen-bond acceptors (Lipinski definition) is 6. The molecule has 2 fully saturated rings. The number of aryl methyl sites for hydroxylation is 2. The average molecular weight is 463 g/mol. The summed E-state index contributed by atoms with van der Waals surface area (Å²) in [6.07, 6.45) is 4.14. The smallest absolute Gasteiger partial charge is 0.234 e. The van der Waals surface area contributed by atoms with Crippen molar-refractivity contribution in [1.29, 1.82) is 5.26 Å². The van der Waals surface area contributed by atoms with Gasteiger partial charge in [0, 0.05) is 41.8 Å². The topological polar surface area (TPSA) is 104 Å². The van der Waals surface area contributed by atoms with E-state index in [-0.39, 0.29) is 17.6 Å². The maximum atomic E-state index is 12.3. The molecule has 1 aromatic carbocycles. The number of halogens is 1. The van der Waals surface area contributed by atoms with Crippen molar-refractivity contribution in [2.24, 2.45) is 5.41 Å². The molecule has 2 aliphatic rings. The first-order valence-electron chi connectivity index (χ1n) is 11.0. The van der Waals surface area contributed by atoms with Crippen molar-refractivity contribution < 1.29 is 9.59 Å². The van der Waals surface area contributed by atoms with Crippen LogP contribution in [0.2, 0.25) is 5.02 Å². The highest BCUT2D eigenvalue weighted by molar-refractivity contribution is 6.30. The number of hydrogen-bond donors (Lipinski definition) is 1. The molecule has 0 saturated carbocycles. The number of piperidine rings is 1. The van der Waals surface area contributed by atoms with Crippen molar-refractivity contribution in [3.8, 4) is 6.07 Å². The number of amides is 2. The minimum absolute atomic E-state index is 0.122. The Morgan fingerprint density at radius 3 is 2.61 bits per heavy atom. The van der Waals surface area contributed by atoms with E-state index in [9.17, 15) is 14.9 Å². The second-order valence-electron chi connectivity index (χ2n) is 8.86. The summed E-state index contributed by atoms with van der Waals surface area (Å²) >= 11 is 6.02. The average Bonchev–Trinajstić information content (AvgIpc) is 3.29. The van der Waals surface area contributed by atoms with Crippen molar-refractivity contribution in [3.05, 3.63) is 58.6 Å². The zero-order valence-corrected chi connectivity index (χ0v) is 18.8. The molecule has 2 aromatic heterocycles. The van der Waals surface area contributed by atoms with E-state index in [1.54, 1.807) is 6.20 Å². The van der Waals surface area contributed by atoms with Crippen LogP contribution in [0.15, 0.2) is 36.5 Å². The molecular formula is C24H23ClN6O2. The van der Waals surface area contributed by atoms with Crippen LogP contribution in [0.25, 0.3) is 11.0 Å². The summed E-state index contributed by atoms with van der Waals surface area (Å²) in [5, 5.41) is 13.3. The van der Waals surface area contributed by atoms with Gasteiger partial charge in [-0.25, -0.2) is 9.97 Å². The first-order valence-corrected chi connectivity index (χ1v) is 11.4. The lowest BCUT2D eigenvalue weighted by Crippen LogP contribution is -2.43.